The van der Waals surface area contributed by atoms with E-state index in [1.807, 2.05) is 13.8 Å². The van der Waals surface area contributed by atoms with E-state index in [4.69, 9.17) is 0 Å². The van der Waals surface area contributed by atoms with E-state index in [0.717, 1.165) is 6.42 Å². The monoisotopic (exact) mass is 201 g/mol. The molecule has 5 nitrogen and oxygen atoms in total. The second kappa shape index (κ2) is 7.32. The van der Waals surface area contributed by atoms with E-state index in [9.17, 15) is 14.7 Å². The molecule has 0 aliphatic heterocycles. The van der Waals surface area contributed by atoms with Crippen LogP contribution in [0.1, 0.15) is 26.7 Å². The number of carbonyl (C=O) groups excluding carboxylic acids is 2. The number of carboxylic acids is 1. The topological polar surface area (TPSA) is 81.3 Å². The number of carbonyl (C=O) groups is 2. The van der Waals surface area contributed by atoms with Crippen molar-refractivity contribution in [3.63, 3.8) is 0 Å². The Balaban J connectivity index is 4.03. The van der Waals surface area contributed by atoms with Gasteiger partial charge in [0.1, 0.15) is 0 Å². The van der Waals surface area contributed by atoms with Gasteiger partial charge in [-0.2, -0.15) is 0 Å². The summed E-state index contributed by atoms with van der Waals surface area (Å²) in [6.07, 6.45) is 0.541. The molecule has 0 saturated heterocycles. The standard InChI is InChI=1S/C9H18N2O3/c1-3-5-11-9(14)7(10-4-2)6-8(12)13/h7,10H,3-6H2,1-2H3,(H,11,14)(H,12,13)/p-1. The van der Waals surface area contributed by atoms with Crippen LogP contribution in [0, 0.1) is 0 Å². The van der Waals surface area contributed by atoms with Gasteiger partial charge in [-0.1, -0.05) is 13.8 Å². The Labute approximate surface area is 83.9 Å². The lowest BCUT2D eigenvalue weighted by Crippen LogP contribution is -2.47. The average Bonchev–Trinajstić information content (AvgIpc) is 2.13. The van der Waals surface area contributed by atoms with E-state index in [2.05, 4.69) is 10.6 Å². The molecule has 0 aromatic carbocycles. The maximum Gasteiger partial charge on any atom is 0.237 e. The largest absolute Gasteiger partial charge is 0.550 e. The Kier molecular flexibility index (Phi) is 6.74. The number of aliphatic carboxylic acids is 1. The van der Waals surface area contributed by atoms with E-state index < -0.39 is 12.0 Å². The van der Waals surface area contributed by atoms with Gasteiger partial charge in [-0.25, -0.2) is 0 Å². The summed E-state index contributed by atoms with van der Waals surface area (Å²) in [5.74, 6) is -1.50. The van der Waals surface area contributed by atoms with Crippen molar-refractivity contribution in [1.29, 1.82) is 0 Å². The highest BCUT2D eigenvalue weighted by atomic mass is 16.4. The highest BCUT2D eigenvalue weighted by Crippen LogP contribution is 1.91. The second-order valence-electron chi connectivity index (χ2n) is 2.98. The Morgan fingerprint density at radius 3 is 2.43 bits per heavy atom. The number of carboxylic acid groups (broad SMARTS) is 1. The molecule has 0 saturated carbocycles. The first-order valence-electron chi connectivity index (χ1n) is 4.82. The molecule has 14 heavy (non-hydrogen) atoms. The maximum absolute atomic E-state index is 11.4. The lowest BCUT2D eigenvalue weighted by Gasteiger charge is -2.17. The first-order chi connectivity index (χ1) is 6.61. The van der Waals surface area contributed by atoms with Gasteiger partial charge in [-0.3, -0.25) is 4.79 Å². The predicted octanol–water partition coefficient (Wildman–Crippen LogP) is -1.37. The van der Waals surface area contributed by atoms with Crippen molar-refractivity contribution in [1.82, 2.24) is 10.6 Å². The number of hydrogen-bond acceptors (Lipinski definition) is 4. The third-order valence-corrected chi connectivity index (χ3v) is 1.69. The molecule has 0 aromatic heterocycles. The van der Waals surface area contributed by atoms with Crippen LogP contribution in [0.4, 0.5) is 0 Å². The molecule has 0 heterocycles. The Hall–Kier alpha value is -1.10. The Bertz CT molecular complexity index is 194. The molecule has 0 aromatic rings. The number of hydrogen-bond donors (Lipinski definition) is 2. The van der Waals surface area contributed by atoms with Crippen LogP contribution in [-0.4, -0.2) is 31.0 Å². The van der Waals surface area contributed by atoms with Gasteiger partial charge in [0.05, 0.1) is 6.04 Å². The molecule has 1 unspecified atom stereocenters. The first kappa shape index (κ1) is 12.9. The van der Waals surface area contributed by atoms with E-state index in [-0.39, 0.29) is 12.3 Å². The van der Waals surface area contributed by atoms with Gasteiger partial charge in [-0.15, -0.1) is 0 Å². The van der Waals surface area contributed by atoms with Crippen LogP contribution in [-0.2, 0) is 9.59 Å². The summed E-state index contributed by atoms with van der Waals surface area (Å²) in [5, 5.41) is 15.8. The third-order valence-electron chi connectivity index (χ3n) is 1.69. The zero-order valence-electron chi connectivity index (χ0n) is 8.63. The van der Waals surface area contributed by atoms with Gasteiger partial charge in [-0.05, 0) is 13.0 Å². The summed E-state index contributed by atoms with van der Waals surface area (Å²) in [6, 6.07) is -0.684. The molecular formula is C9H17N2O3-. The smallest absolute Gasteiger partial charge is 0.237 e. The van der Waals surface area contributed by atoms with E-state index in [1.54, 1.807) is 0 Å². The first-order valence-corrected chi connectivity index (χ1v) is 4.82. The Morgan fingerprint density at radius 2 is 2.00 bits per heavy atom. The highest BCUT2D eigenvalue weighted by molar-refractivity contribution is 5.85. The molecule has 0 radical (unpaired) electrons. The van der Waals surface area contributed by atoms with Crippen molar-refractivity contribution in [2.45, 2.75) is 32.7 Å². The minimum Gasteiger partial charge on any atom is -0.550 e. The SMILES string of the molecule is CCCNC(=O)C(CC(=O)[O-])NCC. The van der Waals surface area contributed by atoms with E-state index in [0.29, 0.717) is 13.1 Å². The van der Waals surface area contributed by atoms with Gasteiger partial charge >= 0.3 is 0 Å². The van der Waals surface area contributed by atoms with Crippen molar-refractivity contribution in [3.8, 4) is 0 Å². The molecule has 0 fully saturated rings. The van der Waals surface area contributed by atoms with Crippen molar-refractivity contribution in [3.05, 3.63) is 0 Å². The minimum absolute atomic E-state index is 0.280. The van der Waals surface area contributed by atoms with Crippen LogP contribution in [0.15, 0.2) is 0 Å². The summed E-state index contributed by atoms with van der Waals surface area (Å²) in [7, 11) is 0. The van der Waals surface area contributed by atoms with Gasteiger partial charge in [0.25, 0.3) is 0 Å². The lowest BCUT2D eigenvalue weighted by atomic mass is 10.2. The zero-order valence-corrected chi connectivity index (χ0v) is 8.63. The number of nitrogens with one attached hydrogen (secondary N) is 2. The third kappa shape index (κ3) is 5.53. The van der Waals surface area contributed by atoms with Crippen molar-refractivity contribution in [2.24, 2.45) is 0 Å². The molecule has 2 N–H and O–H groups in total. The summed E-state index contributed by atoms with van der Waals surface area (Å²) in [5.41, 5.74) is 0. The molecule has 1 atom stereocenters. The quantitative estimate of drug-likeness (QED) is 0.532. The fourth-order valence-corrected chi connectivity index (χ4v) is 1.04. The molecule has 0 rings (SSSR count). The molecule has 0 bridgehead atoms. The maximum atomic E-state index is 11.4. The normalized spacial score (nSPS) is 12.1. The van der Waals surface area contributed by atoms with E-state index in [1.165, 1.54) is 0 Å². The lowest BCUT2D eigenvalue weighted by molar-refractivity contribution is -0.306. The molecule has 0 aliphatic rings. The molecule has 1 amide bonds. The van der Waals surface area contributed by atoms with Gasteiger partial charge in [0.15, 0.2) is 0 Å². The van der Waals surface area contributed by atoms with Gasteiger partial charge < -0.3 is 20.5 Å². The van der Waals surface area contributed by atoms with Gasteiger partial charge in [0, 0.05) is 18.9 Å². The molecular weight excluding hydrogens is 184 g/mol. The fourth-order valence-electron chi connectivity index (χ4n) is 1.04. The van der Waals surface area contributed by atoms with Crippen LogP contribution in [0.2, 0.25) is 0 Å². The zero-order chi connectivity index (χ0) is 11.0. The van der Waals surface area contributed by atoms with Crippen LogP contribution >= 0.6 is 0 Å². The van der Waals surface area contributed by atoms with Gasteiger partial charge in [0.2, 0.25) is 5.91 Å². The second-order valence-corrected chi connectivity index (χ2v) is 2.98. The highest BCUT2D eigenvalue weighted by Gasteiger charge is 2.16. The number of amides is 1. The minimum atomic E-state index is -1.22. The van der Waals surface area contributed by atoms with Crippen LogP contribution in [0.5, 0.6) is 0 Å². The summed E-state index contributed by atoms with van der Waals surface area (Å²) < 4.78 is 0. The number of rotatable bonds is 7. The molecule has 5 heteroatoms. The predicted molar refractivity (Wildman–Crippen MR) is 50.4 cm³/mol. The number of likely N-dealkylation sites (N-methyl/N-ethyl adjacent to an activating group) is 1. The van der Waals surface area contributed by atoms with Crippen LogP contribution < -0.4 is 15.7 Å². The summed E-state index contributed by atoms with van der Waals surface area (Å²) in [6.45, 7) is 4.86. The van der Waals surface area contributed by atoms with Crippen LogP contribution in [0.25, 0.3) is 0 Å². The Morgan fingerprint density at radius 1 is 1.36 bits per heavy atom. The van der Waals surface area contributed by atoms with E-state index >= 15 is 0 Å². The van der Waals surface area contributed by atoms with Crippen LogP contribution in [0.3, 0.4) is 0 Å². The van der Waals surface area contributed by atoms with Crippen molar-refractivity contribution < 1.29 is 14.7 Å². The van der Waals surface area contributed by atoms with Crippen molar-refractivity contribution >= 4 is 11.9 Å². The average molecular weight is 201 g/mol. The molecule has 0 aliphatic carbocycles. The molecule has 0 spiro atoms. The summed E-state index contributed by atoms with van der Waals surface area (Å²) in [4.78, 5) is 21.7. The fraction of sp³-hybridized carbons (Fsp3) is 0.778. The van der Waals surface area contributed by atoms with Crippen molar-refractivity contribution in [2.75, 3.05) is 13.1 Å². The molecule has 82 valence electrons. The summed E-state index contributed by atoms with van der Waals surface area (Å²) >= 11 is 0.